The van der Waals surface area contributed by atoms with Crippen LogP contribution >= 0.6 is 11.6 Å². The molecule has 0 fully saturated rings. The molecule has 37 heavy (non-hydrogen) atoms. The van der Waals surface area contributed by atoms with Gasteiger partial charge in [0.15, 0.2) is 6.61 Å². The third kappa shape index (κ3) is 8.97. The SMILES string of the molecule is CCCOc1ccc(NC(=O)C(=O)N/N=C\c2cccc(OCC(=O)Nc3ccc(C)c(Cl)c3)c2)cc1. The molecule has 0 aliphatic carbocycles. The molecule has 9 nitrogen and oxygen atoms in total. The molecule has 0 saturated carbocycles. The van der Waals surface area contributed by atoms with Gasteiger partial charge in [-0.1, -0.05) is 36.7 Å². The van der Waals surface area contributed by atoms with Crippen LogP contribution in [0.2, 0.25) is 5.02 Å². The van der Waals surface area contributed by atoms with Crippen molar-refractivity contribution in [1.29, 1.82) is 0 Å². The number of halogens is 1. The van der Waals surface area contributed by atoms with Gasteiger partial charge in [0, 0.05) is 16.4 Å². The van der Waals surface area contributed by atoms with Crippen molar-refractivity contribution in [3.05, 3.63) is 82.9 Å². The Morgan fingerprint density at radius 3 is 2.38 bits per heavy atom. The van der Waals surface area contributed by atoms with Crippen molar-refractivity contribution in [3.8, 4) is 11.5 Å². The quantitative estimate of drug-likeness (QED) is 0.205. The summed E-state index contributed by atoms with van der Waals surface area (Å²) in [6.45, 7) is 4.26. The largest absolute Gasteiger partial charge is 0.494 e. The smallest absolute Gasteiger partial charge is 0.329 e. The van der Waals surface area contributed by atoms with Gasteiger partial charge in [0.1, 0.15) is 11.5 Å². The van der Waals surface area contributed by atoms with E-state index in [2.05, 4.69) is 21.2 Å². The van der Waals surface area contributed by atoms with Crippen molar-refractivity contribution < 1.29 is 23.9 Å². The lowest BCUT2D eigenvalue weighted by molar-refractivity contribution is -0.136. The van der Waals surface area contributed by atoms with Gasteiger partial charge in [0.05, 0.1) is 12.8 Å². The van der Waals surface area contributed by atoms with Crippen molar-refractivity contribution in [2.75, 3.05) is 23.8 Å². The number of ether oxygens (including phenoxy) is 2. The number of amides is 3. The molecule has 0 radical (unpaired) electrons. The number of hydrazone groups is 1. The van der Waals surface area contributed by atoms with Crippen molar-refractivity contribution in [2.24, 2.45) is 5.10 Å². The van der Waals surface area contributed by atoms with E-state index in [-0.39, 0.29) is 12.5 Å². The average molecular weight is 523 g/mol. The predicted molar refractivity (Wildman–Crippen MR) is 143 cm³/mol. The Bertz CT molecular complexity index is 1280. The fourth-order valence-electron chi connectivity index (χ4n) is 2.96. The van der Waals surface area contributed by atoms with Crippen molar-refractivity contribution >= 4 is 46.9 Å². The van der Waals surface area contributed by atoms with Crippen LogP contribution in [0.3, 0.4) is 0 Å². The topological polar surface area (TPSA) is 118 Å². The van der Waals surface area contributed by atoms with Crippen molar-refractivity contribution in [3.63, 3.8) is 0 Å². The van der Waals surface area contributed by atoms with Gasteiger partial charge in [-0.3, -0.25) is 14.4 Å². The maximum absolute atomic E-state index is 12.2. The summed E-state index contributed by atoms with van der Waals surface area (Å²) in [5.41, 5.74) is 4.70. The molecule has 0 aromatic heterocycles. The molecule has 192 valence electrons. The zero-order valence-corrected chi connectivity index (χ0v) is 21.2. The van der Waals surface area contributed by atoms with E-state index in [1.54, 1.807) is 60.7 Å². The fourth-order valence-corrected chi connectivity index (χ4v) is 3.14. The second-order valence-corrected chi connectivity index (χ2v) is 8.31. The number of hydrogen-bond donors (Lipinski definition) is 3. The van der Waals surface area contributed by atoms with Gasteiger partial charge in [0.2, 0.25) is 0 Å². The first kappa shape index (κ1) is 27.2. The molecular weight excluding hydrogens is 496 g/mol. The normalized spacial score (nSPS) is 10.6. The lowest BCUT2D eigenvalue weighted by Crippen LogP contribution is -2.32. The molecular formula is C27H27ClN4O5. The number of carbonyl (C=O) groups excluding carboxylic acids is 3. The van der Waals surface area contributed by atoms with Crippen LogP contribution < -0.4 is 25.5 Å². The number of anilines is 2. The van der Waals surface area contributed by atoms with Crippen LogP contribution in [0.1, 0.15) is 24.5 Å². The van der Waals surface area contributed by atoms with E-state index in [0.717, 1.165) is 12.0 Å². The molecule has 3 aromatic carbocycles. The zero-order chi connectivity index (χ0) is 26.6. The summed E-state index contributed by atoms with van der Waals surface area (Å²) in [6, 6.07) is 18.7. The number of nitrogens with zero attached hydrogens (tertiary/aromatic N) is 1. The van der Waals surface area contributed by atoms with Crippen molar-refractivity contribution in [2.45, 2.75) is 20.3 Å². The van der Waals surface area contributed by atoms with E-state index in [1.165, 1.54) is 6.21 Å². The van der Waals surface area contributed by atoms with Gasteiger partial charge in [-0.2, -0.15) is 5.10 Å². The Labute approximate surface area is 219 Å². The first-order valence-corrected chi connectivity index (χ1v) is 11.9. The van der Waals surface area contributed by atoms with Gasteiger partial charge < -0.3 is 20.1 Å². The van der Waals surface area contributed by atoms with Gasteiger partial charge in [-0.05, 0) is 73.0 Å². The third-order valence-corrected chi connectivity index (χ3v) is 5.26. The third-order valence-electron chi connectivity index (χ3n) is 4.85. The van der Waals surface area contributed by atoms with Crippen LogP contribution in [0.4, 0.5) is 11.4 Å². The van der Waals surface area contributed by atoms with E-state index in [1.807, 2.05) is 19.9 Å². The van der Waals surface area contributed by atoms with Crippen molar-refractivity contribution in [1.82, 2.24) is 5.43 Å². The molecule has 3 N–H and O–H groups in total. The second kappa shape index (κ2) is 13.6. The van der Waals surface area contributed by atoms with E-state index in [9.17, 15) is 14.4 Å². The molecule has 0 heterocycles. The summed E-state index contributed by atoms with van der Waals surface area (Å²) in [6.07, 6.45) is 2.24. The maximum atomic E-state index is 12.2. The van der Waals surface area contributed by atoms with Crippen LogP contribution in [-0.4, -0.2) is 37.1 Å². The van der Waals surface area contributed by atoms with Crippen LogP contribution in [0.5, 0.6) is 11.5 Å². The Morgan fingerprint density at radius 1 is 0.892 bits per heavy atom. The summed E-state index contributed by atoms with van der Waals surface area (Å²) < 4.78 is 11.0. The minimum atomic E-state index is -0.928. The number of nitrogens with one attached hydrogen (secondary N) is 3. The maximum Gasteiger partial charge on any atom is 0.329 e. The molecule has 3 amide bonds. The summed E-state index contributed by atoms with van der Waals surface area (Å²) in [5, 5.41) is 9.57. The summed E-state index contributed by atoms with van der Waals surface area (Å²) >= 11 is 6.07. The monoisotopic (exact) mass is 522 g/mol. The van der Waals surface area contributed by atoms with Crippen LogP contribution in [0, 0.1) is 6.92 Å². The van der Waals surface area contributed by atoms with Gasteiger partial charge in [-0.15, -0.1) is 0 Å². The molecule has 0 spiro atoms. The van der Waals surface area contributed by atoms with E-state index in [0.29, 0.717) is 40.1 Å². The van der Waals surface area contributed by atoms with E-state index in [4.69, 9.17) is 21.1 Å². The Kier molecular flexibility index (Phi) is 10.0. The lowest BCUT2D eigenvalue weighted by atomic mass is 10.2. The Balaban J connectivity index is 1.45. The lowest BCUT2D eigenvalue weighted by Gasteiger charge is -2.09. The molecule has 0 unspecified atom stereocenters. The summed E-state index contributed by atoms with van der Waals surface area (Å²) in [4.78, 5) is 36.3. The minimum absolute atomic E-state index is 0.214. The molecule has 3 aromatic rings. The Morgan fingerprint density at radius 2 is 1.65 bits per heavy atom. The van der Waals surface area contributed by atoms with Gasteiger partial charge in [-0.25, -0.2) is 5.43 Å². The first-order chi connectivity index (χ1) is 17.8. The highest BCUT2D eigenvalue weighted by Crippen LogP contribution is 2.20. The fraction of sp³-hybridized carbons (Fsp3) is 0.185. The molecule has 0 aliphatic rings. The average Bonchev–Trinajstić information content (AvgIpc) is 2.89. The highest BCUT2D eigenvalue weighted by Gasteiger charge is 2.13. The second-order valence-electron chi connectivity index (χ2n) is 7.90. The molecule has 0 saturated heterocycles. The highest BCUT2D eigenvalue weighted by atomic mass is 35.5. The van der Waals surface area contributed by atoms with Crippen LogP contribution in [0.15, 0.2) is 71.8 Å². The standard InChI is InChI=1S/C27H27ClN4O5/c1-3-13-36-22-11-9-20(10-12-22)31-26(34)27(35)32-29-16-19-5-4-6-23(14-19)37-17-25(33)30-21-8-7-18(2)24(28)15-21/h4-12,14-16H,3,13,17H2,1-2H3,(H,30,33)(H,31,34)(H,32,35)/b29-16-. The number of aryl methyl sites for hydroxylation is 1. The number of carbonyl (C=O) groups is 3. The molecule has 3 rings (SSSR count). The number of benzene rings is 3. The zero-order valence-electron chi connectivity index (χ0n) is 20.4. The molecule has 0 atom stereocenters. The highest BCUT2D eigenvalue weighted by molar-refractivity contribution is 6.39. The van der Waals surface area contributed by atoms with Crippen LogP contribution in [0.25, 0.3) is 0 Å². The minimum Gasteiger partial charge on any atom is -0.494 e. The van der Waals surface area contributed by atoms with E-state index >= 15 is 0 Å². The first-order valence-electron chi connectivity index (χ1n) is 11.5. The Hall–Kier alpha value is -4.37. The number of hydrogen-bond acceptors (Lipinski definition) is 6. The van der Waals surface area contributed by atoms with E-state index < -0.39 is 11.8 Å². The van der Waals surface area contributed by atoms with Gasteiger partial charge >= 0.3 is 11.8 Å². The summed E-state index contributed by atoms with van der Waals surface area (Å²) in [7, 11) is 0. The van der Waals surface area contributed by atoms with Crippen LogP contribution in [-0.2, 0) is 14.4 Å². The molecule has 10 heteroatoms. The van der Waals surface area contributed by atoms with Gasteiger partial charge in [0.25, 0.3) is 5.91 Å². The summed E-state index contributed by atoms with van der Waals surface area (Å²) in [5.74, 6) is -1.03. The predicted octanol–water partition coefficient (Wildman–Crippen LogP) is 4.54. The molecule has 0 bridgehead atoms. The number of rotatable bonds is 10. The molecule has 0 aliphatic heterocycles.